The van der Waals surface area contributed by atoms with Crippen LogP contribution in [0.15, 0.2) is 36.0 Å². The Morgan fingerprint density at radius 2 is 2.07 bits per heavy atom. The summed E-state index contributed by atoms with van der Waals surface area (Å²) < 4.78 is 1.87. The molecule has 1 fully saturated rings. The van der Waals surface area contributed by atoms with Crippen molar-refractivity contribution in [3.05, 3.63) is 56.4 Å². The summed E-state index contributed by atoms with van der Waals surface area (Å²) in [5.74, 6) is 0.761. The standard InChI is InChI=1S/C20H21N5O2S2/c1-13-4-5-15(29-13)19(27)24-8-6-20(11-24)7-9-25-17(21-12-22-25)16(20)23-18(26)14-3-2-10-28-14/h2-5,10,12,16H,6-9,11H2,1H3,(H,23,26)/t16-,20+/m0/s1. The molecule has 9 heteroatoms. The third-order valence-corrected chi connectivity index (χ3v) is 7.84. The molecule has 7 nitrogen and oxygen atoms in total. The highest BCUT2D eigenvalue weighted by Crippen LogP contribution is 2.48. The number of hydrogen-bond acceptors (Lipinski definition) is 6. The Balaban J connectivity index is 1.43. The van der Waals surface area contributed by atoms with Gasteiger partial charge in [0.25, 0.3) is 11.8 Å². The van der Waals surface area contributed by atoms with E-state index in [0.717, 1.165) is 35.0 Å². The molecule has 0 unspecified atom stereocenters. The maximum Gasteiger partial charge on any atom is 0.263 e. The fourth-order valence-electron chi connectivity index (χ4n) is 4.46. The number of aryl methyl sites for hydroxylation is 2. The van der Waals surface area contributed by atoms with Gasteiger partial charge in [-0.1, -0.05) is 6.07 Å². The van der Waals surface area contributed by atoms with Crippen LogP contribution in [0.25, 0.3) is 0 Å². The van der Waals surface area contributed by atoms with Gasteiger partial charge in [-0.25, -0.2) is 9.67 Å². The monoisotopic (exact) mass is 427 g/mol. The van der Waals surface area contributed by atoms with E-state index < -0.39 is 0 Å². The van der Waals surface area contributed by atoms with Crippen LogP contribution in [0, 0.1) is 12.3 Å². The lowest BCUT2D eigenvalue weighted by Crippen LogP contribution is -2.47. The summed E-state index contributed by atoms with van der Waals surface area (Å²) in [6, 6.07) is 7.32. The number of fused-ring (bicyclic) bond motifs is 1. The Morgan fingerprint density at radius 3 is 2.83 bits per heavy atom. The minimum absolute atomic E-state index is 0.0790. The molecule has 3 aromatic rings. The quantitative estimate of drug-likeness (QED) is 0.696. The van der Waals surface area contributed by atoms with Crippen LogP contribution in [-0.2, 0) is 6.54 Å². The Labute approximate surface area is 176 Å². The minimum Gasteiger partial charge on any atom is -0.341 e. The molecule has 0 aliphatic carbocycles. The highest BCUT2D eigenvalue weighted by Gasteiger charge is 2.51. The Bertz CT molecular complexity index is 1060. The van der Waals surface area contributed by atoms with Crippen LogP contribution in [0.3, 0.4) is 0 Å². The van der Waals surface area contributed by atoms with Gasteiger partial charge in [-0.15, -0.1) is 22.7 Å². The molecule has 0 bridgehead atoms. The van der Waals surface area contributed by atoms with E-state index in [1.165, 1.54) is 22.7 Å². The highest BCUT2D eigenvalue weighted by atomic mass is 32.1. The molecule has 3 aromatic heterocycles. The second kappa shape index (κ2) is 7.07. The molecule has 5 heterocycles. The molecular formula is C20H21N5O2S2. The first-order chi connectivity index (χ1) is 14.1. The molecular weight excluding hydrogens is 406 g/mol. The van der Waals surface area contributed by atoms with Gasteiger partial charge in [-0.05, 0) is 43.3 Å². The number of carbonyl (C=O) groups is 2. The van der Waals surface area contributed by atoms with Gasteiger partial charge in [0.15, 0.2) is 0 Å². The smallest absolute Gasteiger partial charge is 0.263 e. The summed E-state index contributed by atoms with van der Waals surface area (Å²) >= 11 is 2.95. The Kier molecular flexibility index (Phi) is 4.51. The van der Waals surface area contributed by atoms with E-state index in [2.05, 4.69) is 15.4 Å². The molecule has 0 radical (unpaired) electrons. The van der Waals surface area contributed by atoms with Crippen molar-refractivity contribution in [3.8, 4) is 0 Å². The zero-order valence-corrected chi connectivity index (χ0v) is 17.6. The van der Waals surface area contributed by atoms with E-state index in [1.807, 2.05) is 46.2 Å². The van der Waals surface area contributed by atoms with Gasteiger partial charge < -0.3 is 10.2 Å². The van der Waals surface area contributed by atoms with Gasteiger partial charge in [0.2, 0.25) is 0 Å². The van der Waals surface area contributed by atoms with E-state index in [-0.39, 0.29) is 23.3 Å². The highest BCUT2D eigenvalue weighted by molar-refractivity contribution is 7.14. The van der Waals surface area contributed by atoms with Crippen LogP contribution in [0.4, 0.5) is 0 Å². The summed E-state index contributed by atoms with van der Waals surface area (Å²) in [5, 5.41) is 9.42. The van der Waals surface area contributed by atoms with E-state index in [9.17, 15) is 9.59 Å². The number of rotatable bonds is 3. The Hall–Kier alpha value is -2.52. The summed E-state index contributed by atoms with van der Waals surface area (Å²) in [5.41, 5.74) is -0.224. The van der Waals surface area contributed by atoms with E-state index in [1.54, 1.807) is 6.33 Å². The number of nitrogens with one attached hydrogen (secondary N) is 1. The van der Waals surface area contributed by atoms with Crippen molar-refractivity contribution < 1.29 is 9.59 Å². The molecule has 5 rings (SSSR count). The number of nitrogens with zero attached hydrogens (tertiary/aromatic N) is 4. The third-order valence-electron chi connectivity index (χ3n) is 5.98. The van der Waals surface area contributed by atoms with Crippen molar-refractivity contribution in [2.24, 2.45) is 5.41 Å². The molecule has 0 saturated carbocycles. The van der Waals surface area contributed by atoms with Gasteiger partial charge >= 0.3 is 0 Å². The third kappa shape index (κ3) is 3.18. The van der Waals surface area contributed by atoms with Gasteiger partial charge in [-0.2, -0.15) is 5.10 Å². The zero-order chi connectivity index (χ0) is 20.0. The molecule has 2 aliphatic rings. The van der Waals surface area contributed by atoms with Crippen molar-refractivity contribution in [2.45, 2.75) is 32.4 Å². The number of hydrogen-bond donors (Lipinski definition) is 1. The predicted octanol–water partition coefficient (Wildman–Crippen LogP) is 3.12. The topological polar surface area (TPSA) is 80.1 Å². The van der Waals surface area contributed by atoms with Crippen molar-refractivity contribution in [1.82, 2.24) is 25.0 Å². The van der Waals surface area contributed by atoms with Crippen LogP contribution < -0.4 is 5.32 Å². The normalized spacial score (nSPS) is 23.3. The second-order valence-electron chi connectivity index (χ2n) is 7.72. The predicted molar refractivity (Wildman–Crippen MR) is 111 cm³/mol. The van der Waals surface area contributed by atoms with E-state index >= 15 is 0 Å². The molecule has 150 valence electrons. The van der Waals surface area contributed by atoms with Crippen molar-refractivity contribution >= 4 is 34.5 Å². The number of likely N-dealkylation sites (tertiary alicyclic amines) is 1. The first kappa shape index (κ1) is 18.5. The summed E-state index contributed by atoms with van der Waals surface area (Å²) in [4.78, 5) is 34.8. The van der Waals surface area contributed by atoms with Crippen LogP contribution in [0.5, 0.6) is 0 Å². The van der Waals surface area contributed by atoms with Gasteiger partial charge in [0.1, 0.15) is 12.2 Å². The van der Waals surface area contributed by atoms with Crippen LogP contribution in [0.2, 0.25) is 0 Å². The average molecular weight is 428 g/mol. The second-order valence-corrected chi connectivity index (χ2v) is 9.96. The average Bonchev–Trinajstić information content (AvgIpc) is 3.51. The number of aromatic nitrogens is 3. The summed E-state index contributed by atoms with van der Waals surface area (Å²) in [6.07, 6.45) is 3.24. The SMILES string of the molecule is Cc1ccc(C(=O)N2CC[C@@]3(CCn4ncnc4[C@@H]3NC(=O)c3cccs3)C2)s1. The first-order valence-electron chi connectivity index (χ1n) is 9.63. The van der Waals surface area contributed by atoms with Crippen molar-refractivity contribution in [1.29, 1.82) is 0 Å². The fourth-order valence-corrected chi connectivity index (χ4v) is 5.92. The van der Waals surface area contributed by atoms with Crippen molar-refractivity contribution in [2.75, 3.05) is 13.1 Å². The molecule has 1 spiro atoms. The van der Waals surface area contributed by atoms with Crippen LogP contribution in [0.1, 0.15) is 48.9 Å². The Morgan fingerprint density at radius 1 is 1.21 bits per heavy atom. The van der Waals surface area contributed by atoms with Gasteiger partial charge in [0, 0.05) is 29.9 Å². The van der Waals surface area contributed by atoms with Gasteiger partial charge in [-0.3, -0.25) is 9.59 Å². The maximum atomic E-state index is 13.0. The largest absolute Gasteiger partial charge is 0.341 e. The number of carbonyl (C=O) groups excluding carboxylic acids is 2. The lowest BCUT2D eigenvalue weighted by molar-refractivity contribution is 0.0706. The summed E-state index contributed by atoms with van der Waals surface area (Å²) in [6.45, 7) is 4.07. The molecule has 0 aromatic carbocycles. The molecule has 1 N–H and O–H groups in total. The van der Waals surface area contributed by atoms with Crippen LogP contribution in [-0.4, -0.2) is 44.6 Å². The number of amides is 2. The lowest BCUT2D eigenvalue weighted by atomic mass is 9.74. The molecule has 1 saturated heterocycles. The molecule has 29 heavy (non-hydrogen) atoms. The maximum absolute atomic E-state index is 13.0. The molecule has 2 amide bonds. The minimum atomic E-state index is -0.267. The number of thiophene rings is 2. The summed E-state index contributed by atoms with van der Waals surface area (Å²) in [7, 11) is 0. The van der Waals surface area contributed by atoms with E-state index in [4.69, 9.17) is 0 Å². The molecule has 2 aliphatic heterocycles. The van der Waals surface area contributed by atoms with Crippen LogP contribution >= 0.6 is 22.7 Å². The fraction of sp³-hybridized carbons (Fsp3) is 0.400. The zero-order valence-electron chi connectivity index (χ0n) is 16.0. The molecule has 2 atom stereocenters. The first-order valence-corrected chi connectivity index (χ1v) is 11.3. The van der Waals surface area contributed by atoms with E-state index in [0.29, 0.717) is 18.0 Å². The van der Waals surface area contributed by atoms with Crippen molar-refractivity contribution in [3.63, 3.8) is 0 Å². The van der Waals surface area contributed by atoms with Gasteiger partial charge in [0.05, 0.1) is 15.8 Å². The lowest BCUT2D eigenvalue weighted by Gasteiger charge is -2.40.